The molecule has 0 unspecified atom stereocenters. The molecule has 3 N–H and O–H groups in total. The van der Waals surface area contributed by atoms with Crippen molar-refractivity contribution in [3.63, 3.8) is 0 Å². The van der Waals surface area contributed by atoms with E-state index >= 15 is 0 Å². The van der Waals surface area contributed by atoms with Crippen molar-refractivity contribution in [3.8, 4) is 0 Å². The zero-order chi connectivity index (χ0) is 13.8. The third-order valence-electron chi connectivity index (χ3n) is 2.94. The first-order valence-electron chi connectivity index (χ1n) is 5.30. The summed E-state index contributed by atoms with van der Waals surface area (Å²) in [6, 6.07) is 3.41. The Balaban J connectivity index is 2.41. The van der Waals surface area contributed by atoms with Crippen LogP contribution >= 0.6 is 11.6 Å². The highest BCUT2D eigenvalue weighted by Gasteiger charge is 2.30. The molecule has 0 fully saturated rings. The molecule has 3 aromatic rings. The summed E-state index contributed by atoms with van der Waals surface area (Å²) in [5.41, 5.74) is 6.17. The van der Waals surface area contributed by atoms with Crippen molar-refractivity contribution in [2.24, 2.45) is 0 Å². The Hall–Kier alpha value is -1.95. The number of hydrogen-bond donors (Lipinski definition) is 2. The van der Waals surface area contributed by atoms with Crippen molar-refractivity contribution >= 4 is 39.1 Å². The molecular formula is C12H7ClF3N3. The number of hydrogen-bond acceptors (Lipinski definition) is 2. The third kappa shape index (κ3) is 1.79. The summed E-state index contributed by atoms with van der Waals surface area (Å²) < 4.78 is 38.0. The third-order valence-corrected chi connectivity index (χ3v) is 3.22. The molecule has 0 bridgehead atoms. The summed E-state index contributed by atoms with van der Waals surface area (Å²) in [6.07, 6.45) is -3.02. The number of nitrogens with zero attached hydrogens (tertiary/aromatic N) is 1. The van der Waals surface area contributed by atoms with Crippen molar-refractivity contribution in [1.29, 1.82) is 0 Å². The first kappa shape index (κ1) is 12.1. The lowest BCUT2D eigenvalue weighted by molar-refractivity contribution is -0.137. The van der Waals surface area contributed by atoms with Crippen LogP contribution in [0.4, 0.5) is 18.9 Å². The maximum atomic E-state index is 12.7. The van der Waals surface area contributed by atoms with Crippen LogP contribution in [0.3, 0.4) is 0 Å². The molecule has 19 heavy (non-hydrogen) atoms. The number of aromatic amines is 1. The molecule has 0 aliphatic heterocycles. The van der Waals surface area contributed by atoms with Crippen molar-refractivity contribution < 1.29 is 13.2 Å². The van der Waals surface area contributed by atoms with Crippen LogP contribution in [-0.2, 0) is 6.18 Å². The number of halogens is 4. The highest BCUT2D eigenvalue weighted by Crippen LogP contribution is 2.36. The van der Waals surface area contributed by atoms with Crippen LogP contribution in [0.15, 0.2) is 24.4 Å². The summed E-state index contributed by atoms with van der Waals surface area (Å²) in [5, 5.41) is 1.30. The molecule has 1 aromatic carbocycles. The largest absolute Gasteiger partial charge is 0.416 e. The van der Waals surface area contributed by atoms with E-state index in [-0.39, 0.29) is 5.15 Å². The van der Waals surface area contributed by atoms with E-state index in [1.807, 2.05) is 0 Å². The van der Waals surface area contributed by atoms with Crippen LogP contribution in [0, 0.1) is 0 Å². The maximum absolute atomic E-state index is 12.7. The number of anilines is 1. The fourth-order valence-corrected chi connectivity index (χ4v) is 2.31. The van der Waals surface area contributed by atoms with Gasteiger partial charge in [0.15, 0.2) is 0 Å². The first-order valence-corrected chi connectivity index (χ1v) is 5.68. The van der Waals surface area contributed by atoms with E-state index in [0.717, 1.165) is 12.1 Å². The number of nitrogen functional groups attached to an aromatic ring is 1. The molecule has 0 aliphatic carbocycles. The molecule has 0 radical (unpaired) electrons. The lowest BCUT2D eigenvalue weighted by Gasteiger charge is -2.05. The predicted octanol–water partition coefficient (Wildman–Crippen LogP) is 3.97. The highest BCUT2D eigenvalue weighted by atomic mass is 35.5. The molecular weight excluding hydrogens is 279 g/mol. The Kier molecular flexibility index (Phi) is 2.40. The van der Waals surface area contributed by atoms with E-state index in [9.17, 15) is 13.2 Å². The number of nitrogens with two attached hydrogens (primary N) is 1. The smallest absolute Gasteiger partial charge is 0.396 e. The molecule has 7 heteroatoms. The highest BCUT2D eigenvalue weighted by molar-refractivity contribution is 6.37. The van der Waals surface area contributed by atoms with Crippen LogP contribution in [0.25, 0.3) is 21.8 Å². The second-order valence-electron chi connectivity index (χ2n) is 4.14. The molecule has 0 saturated heterocycles. The molecule has 0 atom stereocenters. The molecule has 0 aliphatic rings. The fourth-order valence-electron chi connectivity index (χ4n) is 2.06. The number of fused-ring (bicyclic) bond motifs is 3. The van der Waals surface area contributed by atoms with E-state index in [0.29, 0.717) is 27.5 Å². The quantitative estimate of drug-likeness (QED) is 0.614. The SMILES string of the molecule is Nc1cnc(Cl)c2c1[nH]c1cc(C(F)(F)F)ccc12. The number of rotatable bonds is 0. The molecule has 2 heterocycles. The van der Waals surface area contributed by atoms with Gasteiger partial charge in [-0.15, -0.1) is 0 Å². The van der Waals surface area contributed by atoms with Gasteiger partial charge in [-0.2, -0.15) is 13.2 Å². The monoisotopic (exact) mass is 285 g/mol. The van der Waals surface area contributed by atoms with Crippen molar-refractivity contribution in [2.75, 3.05) is 5.73 Å². The Labute approximate surface area is 110 Å². The van der Waals surface area contributed by atoms with Gasteiger partial charge in [0, 0.05) is 16.3 Å². The van der Waals surface area contributed by atoms with E-state index in [1.165, 1.54) is 12.3 Å². The van der Waals surface area contributed by atoms with Crippen molar-refractivity contribution in [3.05, 3.63) is 35.1 Å². The van der Waals surface area contributed by atoms with Gasteiger partial charge < -0.3 is 10.7 Å². The second-order valence-corrected chi connectivity index (χ2v) is 4.50. The Morgan fingerprint density at radius 2 is 2.00 bits per heavy atom. The number of pyridine rings is 1. The standard InChI is InChI=1S/C12H7ClF3N3/c13-11-9-6-2-1-5(12(14,15)16)3-8(6)19-10(9)7(17)4-18-11/h1-4,19H,17H2. The zero-order valence-electron chi connectivity index (χ0n) is 9.35. The lowest BCUT2D eigenvalue weighted by atomic mass is 10.1. The van der Waals surface area contributed by atoms with Crippen LogP contribution in [-0.4, -0.2) is 9.97 Å². The summed E-state index contributed by atoms with van der Waals surface area (Å²) >= 11 is 5.97. The van der Waals surface area contributed by atoms with E-state index < -0.39 is 11.7 Å². The molecule has 0 amide bonds. The minimum atomic E-state index is -4.39. The van der Waals surface area contributed by atoms with Crippen LogP contribution in [0.1, 0.15) is 5.56 Å². The fraction of sp³-hybridized carbons (Fsp3) is 0.0833. The number of H-pyrrole nitrogens is 1. The van der Waals surface area contributed by atoms with Gasteiger partial charge in [0.05, 0.1) is 23.0 Å². The first-order chi connectivity index (χ1) is 8.88. The molecule has 3 nitrogen and oxygen atoms in total. The minimum Gasteiger partial charge on any atom is -0.396 e. The van der Waals surface area contributed by atoms with Crippen molar-refractivity contribution in [2.45, 2.75) is 6.18 Å². The summed E-state index contributed by atoms with van der Waals surface area (Å²) in [7, 11) is 0. The average molecular weight is 286 g/mol. The van der Waals surface area contributed by atoms with Crippen LogP contribution in [0.2, 0.25) is 5.15 Å². The van der Waals surface area contributed by atoms with E-state index in [4.69, 9.17) is 17.3 Å². The van der Waals surface area contributed by atoms with Gasteiger partial charge in [-0.1, -0.05) is 17.7 Å². The van der Waals surface area contributed by atoms with E-state index in [2.05, 4.69) is 9.97 Å². The lowest BCUT2D eigenvalue weighted by Crippen LogP contribution is -2.03. The number of aromatic nitrogens is 2. The Morgan fingerprint density at radius 3 is 2.68 bits per heavy atom. The molecule has 2 aromatic heterocycles. The van der Waals surface area contributed by atoms with Gasteiger partial charge in [-0.25, -0.2) is 4.98 Å². The van der Waals surface area contributed by atoms with E-state index in [1.54, 1.807) is 0 Å². The molecule has 0 saturated carbocycles. The Bertz CT molecular complexity index is 792. The average Bonchev–Trinajstić information content (AvgIpc) is 2.72. The van der Waals surface area contributed by atoms with Gasteiger partial charge in [0.25, 0.3) is 0 Å². The summed E-state index contributed by atoms with van der Waals surface area (Å²) in [6.45, 7) is 0. The maximum Gasteiger partial charge on any atom is 0.416 e. The number of nitrogens with one attached hydrogen (secondary N) is 1. The second kappa shape index (κ2) is 3.77. The molecule has 98 valence electrons. The topological polar surface area (TPSA) is 54.7 Å². The van der Waals surface area contributed by atoms with Gasteiger partial charge in [0.1, 0.15) is 5.15 Å². The summed E-state index contributed by atoms with van der Waals surface area (Å²) in [5.74, 6) is 0. The van der Waals surface area contributed by atoms with Crippen LogP contribution in [0.5, 0.6) is 0 Å². The molecule has 0 spiro atoms. The number of benzene rings is 1. The molecule has 3 rings (SSSR count). The predicted molar refractivity (Wildman–Crippen MR) is 68.0 cm³/mol. The number of alkyl halides is 3. The van der Waals surface area contributed by atoms with Gasteiger partial charge in [-0.3, -0.25) is 0 Å². The van der Waals surface area contributed by atoms with Crippen molar-refractivity contribution in [1.82, 2.24) is 9.97 Å². The zero-order valence-corrected chi connectivity index (χ0v) is 10.1. The van der Waals surface area contributed by atoms with Gasteiger partial charge in [0.2, 0.25) is 0 Å². The van der Waals surface area contributed by atoms with Gasteiger partial charge >= 0.3 is 6.18 Å². The normalized spacial score (nSPS) is 12.4. The van der Waals surface area contributed by atoms with Crippen LogP contribution < -0.4 is 5.73 Å². The summed E-state index contributed by atoms with van der Waals surface area (Å²) in [4.78, 5) is 6.75. The minimum absolute atomic E-state index is 0.204. The Morgan fingerprint density at radius 1 is 1.26 bits per heavy atom. The van der Waals surface area contributed by atoms with Gasteiger partial charge in [-0.05, 0) is 12.1 Å².